The average Bonchev–Trinajstić information content (AvgIpc) is 2.98. The third-order valence-corrected chi connectivity index (χ3v) is 4.36. The summed E-state index contributed by atoms with van der Waals surface area (Å²) in [6.07, 6.45) is -0.0297. The number of hydrogen-bond donors (Lipinski definition) is 1. The number of ether oxygens (including phenoxy) is 1. The molecule has 7 heteroatoms. The Morgan fingerprint density at radius 2 is 2.38 bits per heavy atom. The molecule has 2 heterocycles. The van der Waals surface area contributed by atoms with Gasteiger partial charge in [0.2, 0.25) is 0 Å². The maximum atomic E-state index is 11.0. The highest BCUT2D eigenvalue weighted by atomic mass is 32.1. The van der Waals surface area contributed by atoms with Crippen molar-refractivity contribution in [2.45, 2.75) is 13.0 Å². The number of nitro groups is 1. The number of aryl methyl sites for hydroxylation is 1. The van der Waals surface area contributed by atoms with Crippen molar-refractivity contribution in [1.29, 1.82) is 0 Å². The van der Waals surface area contributed by atoms with Crippen LogP contribution in [0.4, 0.5) is 5.69 Å². The quantitative estimate of drug-likeness (QED) is 0.697. The molecule has 0 radical (unpaired) electrons. The van der Waals surface area contributed by atoms with Crippen LogP contribution in [0.25, 0.3) is 11.3 Å². The first kappa shape index (κ1) is 14.1. The van der Waals surface area contributed by atoms with Gasteiger partial charge in [0, 0.05) is 35.7 Å². The van der Waals surface area contributed by atoms with Gasteiger partial charge in [0.15, 0.2) is 0 Å². The molecular formula is C14H15N3O3S. The molecule has 110 valence electrons. The number of hydrogen-bond acceptors (Lipinski definition) is 6. The van der Waals surface area contributed by atoms with E-state index in [4.69, 9.17) is 4.74 Å². The predicted octanol–water partition coefficient (Wildman–Crippen LogP) is 2.69. The van der Waals surface area contributed by atoms with E-state index in [9.17, 15) is 10.1 Å². The lowest BCUT2D eigenvalue weighted by Gasteiger charge is -2.21. The molecular weight excluding hydrogens is 290 g/mol. The molecule has 0 aliphatic carbocycles. The second-order valence-electron chi connectivity index (χ2n) is 4.89. The van der Waals surface area contributed by atoms with Crippen LogP contribution in [0, 0.1) is 17.0 Å². The fraction of sp³-hybridized carbons (Fsp3) is 0.357. The minimum Gasteiger partial charge on any atom is -0.368 e. The van der Waals surface area contributed by atoms with Gasteiger partial charge in [-0.1, -0.05) is 12.1 Å². The van der Waals surface area contributed by atoms with Crippen LogP contribution in [-0.4, -0.2) is 29.6 Å². The summed E-state index contributed by atoms with van der Waals surface area (Å²) in [6, 6.07) is 5.19. The summed E-state index contributed by atoms with van der Waals surface area (Å²) >= 11 is 1.52. The molecule has 1 aliphatic heterocycles. The van der Waals surface area contributed by atoms with Crippen molar-refractivity contribution < 1.29 is 9.66 Å². The van der Waals surface area contributed by atoms with Gasteiger partial charge in [0.25, 0.3) is 5.69 Å². The largest absolute Gasteiger partial charge is 0.368 e. The fourth-order valence-electron chi connectivity index (χ4n) is 2.26. The molecule has 0 amide bonds. The number of aromatic nitrogens is 1. The van der Waals surface area contributed by atoms with Crippen LogP contribution in [0.3, 0.4) is 0 Å². The number of nitro benzene ring substituents is 1. The smallest absolute Gasteiger partial charge is 0.272 e. The van der Waals surface area contributed by atoms with Gasteiger partial charge < -0.3 is 10.1 Å². The molecule has 1 unspecified atom stereocenters. The highest BCUT2D eigenvalue weighted by Crippen LogP contribution is 2.30. The van der Waals surface area contributed by atoms with Gasteiger partial charge in [-0.15, -0.1) is 11.3 Å². The lowest BCUT2D eigenvalue weighted by Crippen LogP contribution is -2.33. The molecule has 0 bridgehead atoms. The number of benzene rings is 1. The Balaban J connectivity index is 1.89. The van der Waals surface area contributed by atoms with E-state index in [0.717, 1.165) is 29.4 Å². The Morgan fingerprint density at radius 1 is 1.52 bits per heavy atom. The van der Waals surface area contributed by atoms with E-state index in [1.807, 2.05) is 11.4 Å². The molecule has 1 aromatic heterocycles. The normalized spacial score (nSPS) is 18.6. The van der Waals surface area contributed by atoms with Crippen molar-refractivity contribution in [3.8, 4) is 11.3 Å². The zero-order chi connectivity index (χ0) is 14.8. The Hall–Kier alpha value is -1.83. The molecule has 3 rings (SSSR count). The SMILES string of the molecule is Cc1ccc(-c2csc(C3CNCCO3)n2)cc1[N+](=O)[O-]. The van der Waals surface area contributed by atoms with E-state index < -0.39 is 0 Å². The van der Waals surface area contributed by atoms with Crippen molar-refractivity contribution in [3.05, 3.63) is 44.3 Å². The molecule has 1 saturated heterocycles. The topological polar surface area (TPSA) is 77.3 Å². The number of thiazole rings is 1. The Bertz CT molecular complexity index is 665. The van der Waals surface area contributed by atoms with E-state index in [1.54, 1.807) is 19.1 Å². The fourth-order valence-corrected chi connectivity index (χ4v) is 3.13. The first-order chi connectivity index (χ1) is 10.1. The molecule has 2 aromatic rings. The lowest BCUT2D eigenvalue weighted by molar-refractivity contribution is -0.385. The Labute approximate surface area is 125 Å². The number of nitrogens with one attached hydrogen (secondary N) is 1. The van der Waals surface area contributed by atoms with Gasteiger partial charge in [0.05, 0.1) is 17.2 Å². The monoisotopic (exact) mass is 305 g/mol. The molecule has 6 nitrogen and oxygen atoms in total. The lowest BCUT2D eigenvalue weighted by atomic mass is 10.1. The van der Waals surface area contributed by atoms with E-state index in [-0.39, 0.29) is 16.7 Å². The molecule has 1 fully saturated rings. The van der Waals surface area contributed by atoms with Crippen molar-refractivity contribution in [1.82, 2.24) is 10.3 Å². The molecule has 1 atom stereocenters. The Kier molecular flexibility index (Phi) is 3.96. The molecule has 0 saturated carbocycles. The first-order valence-electron chi connectivity index (χ1n) is 6.68. The van der Waals surface area contributed by atoms with Crippen molar-refractivity contribution in [3.63, 3.8) is 0 Å². The molecule has 1 aliphatic rings. The highest BCUT2D eigenvalue weighted by molar-refractivity contribution is 7.10. The van der Waals surface area contributed by atoms with Gasteiger partial charge in [0.1, 0.15) is 11.1 Å². The van der Waals surface area contributed by atoms with Crippen molar-refractivity contribution >= 4 is 17.0 Å². The van der Waals surface area contributed by atoms with E-state index in [2.05, 4.69) is 10.3 Å². The van der Waals surface area contributed by atoms with Crippen LogP contribution in [-0.2, 0) is 4.74 Å². The van der Waals surface area contributed by atoms with Crippen LogP contribution in [0.2, 0.25) is 0 Å². The second-order valence-corrected chi connectivity index (χ2v) is 5.78. The predicted molar refractivity (Wildman–Crippen MR) is 80.5 cm³/mol. The summed E-state index contributed by atoms with van der Waals surface area (Å²) in [7, 11) is 0. The number of nitrogens with zero attached hydrogens (tertiary/aromatic N) is 2. The molecule has 21 heavy (non-hydrogen) atoms. The van der Waals surface area contributed by atoms with E-state index in [1.165, 1.54) is 11.3 Å². The maximum Gasteiger partial charge on any atom is 0.272 e. The van der Waals surface area contributed by atoms with Crippen molar-refractivity contribution in [2.24, 2.45) is 0 Å². The maximum absolute atomic E-state index is 11.0. The second kappa shape index (κ2) is 5.88. The van der Waals surface area contributed by atoms with Crippen LogP contribution in [0.5, 0.6) is 0 Å². The van der Waals surface area contributed by atoms with E-state index in [0.29, 0.717) is 12.2 Å². The van der Waals surface area contributed by atoms with Crippen LogP contribution >= 0.6 is 11.3 Å². The summed E-state index contributed by atoms with van der Waals surface area (Å²) in [5.74, 6) is 0. The summed E-state index contributed by atoms with van der Waals surface area (Å²) in [6.45, 7) is 4.02. The number of rotatable bonds is 3. The summed E-state index contributed by atoms with van der Waals surface area (Å²) < 4.78 is 5.67. The van der Waals surface area contributed by atoms with Crippen LogP contribution in [0.15, 0.2) is 23.6 Å². The summed E-state index contributed by atoms with van der Waals surface area (Å²) in [5, 5.41) is 17.1. The Morgan fingerprint density at radius 3 is 3.10 bits per heavy atom. The first-order valence-corrected chi connectivity index (χ1v) is 7.56. The highest BCUT2D eigenvalue weighted by Gasteiger charge is 2.20. The molecule has 0 spiro atoms. The van der Waals surface area contributed by atoms with Crippen molar-refractivity contribution in [2.75, 3.05) is 19.7 Å². The molecule has 1 N–H and O–H groups in total. The molecule has 1 aromatic carbocycles. The summed E-state index contributed by atoms with van der Waals surface area (Å²) in [4.78, 5) is 15.2. The minimum absolute atomic E-state index is 0.0297. The minimum atomic E-state index is -0.361. The zero-order valence-corrected chi connectivity index (χ0v) is 12.4. The third-order valence-electron chi connectivity index (χ3n) is 3.43. The standard InChI is InChI=1S/C14H15N3O3S/c1-9-2-3-10(6-12(9)17(18)19)11-8-21-14(16-11)13-7-15-4-5-20-13/h2-3,6,8,13,15H,4-5,7H2,1H3. The average molecular weight is 305 g/mol. The van der Waals surface area contributed by atoms with Gasteiger partial charge in [-0.2, -0.15) is 0 Å². The van der Waals surface area contributed by atoms with Crippen LogP contribution in [0.1, 0.15) is 16.7 Å². The van der Waals surface area contributed by atoms with Gasteiger partial charge >= 0.3 is 0 Å². The van der Waals surface area contributed by atoms with Gasteiger partial charge in [-0.05, 0) is 6.92 Å². The third kappa shape index (κ3) is 2.94. The summed E-state index contributed by atoms with van der Waals surface area (Å²) in [5.41, 5.74) is 2.29. The number of morpholine rings is 1. The zero-order valence-electron chi connectivity index (χ0n) is 11.5. The van der Waals surface area contributed by atoms with E-state index >= 15 is 0 Å². The van der Waals surface area contributed by atoms with Crippen LogP contribution < -0.4 is 5.32 Å². The van der Waals surface area contributed by atoms with Gasteiger partial charge in [-0.3, -0.25) is 10.1 Å². The van der Waals surface area contributed by atoms with Gasteiger partial charge in [-0.25, -0.2) is 4.98 Å².